The van der Waals surface area contributed by atoms with Crippen LogP contribution in [0.2, 0.25) is 0 Å². The van der Waals surface area contributed by atoms with Crippen molar-refractivity contribution in [3.8, 4) is 0 Å². The highest BCUT2D eigenvalue weighted by Gasteiger charge is 2.31. The fraction of sp³-hybridized carbons (Fsp3) is 0.750. The molecule has 0 saturated heterocycles. The van der Waals surface area contributed by atoms with Gasteiger partial charge in [-0.2, -0.15) is 0 Å². The van der Waals surface area contributed by atoms with Crippen LogP contribution < -0.4 is 5.32 Å². The molecule has 1 aliphatic carbocycles. The lowest BCUT2D eigenvalue weighted by atomic mass is 9.69. The maximum atomic E-state index is 5.61. The summed E-state index contributed by atoms with van der Waals surface area (Å²) in [5.41, 5.74) is 0.502. The Labute approximate surface area is 139 Å². The van der Waals surface area contributed by atoms with E-state index in [0.717, 1.165) is 27.4 Å². The molecule has 1 aromatic rings. The molecule has 1 heterocycles. The fourth-order valence-corrected chi connectivity index (χ4v) is 3.75. The van der Waals surface area contributed by atoms with Gasteiger partial charge < -0.3 is 9.73 Å². The van der Waals surface area contributed by atoms with Gasteiger partial charge in [-0.15, -0.1) is 0 Å². The van der Waals surface area contributed by atoms with Crippen molar-refractivity contribution in [2.24, 2.45) is 11.3 Å². The summed E-state index contributed by atoms with van der Waals surface area (Å²) in [5.74, 6) is 1.87. The molecule has 0 amide bonds. The first-order valence-corrected chi connectivity index (χ1v) is 9.18. The van der Waals surface area contributed by atoms with Crippen LogP contribution in [0.25, 0.3) is 0 Å². The Morgan fingerprint density at radius 3 is 2.40 bits per heavy atom. The van der Waals surface area contributed by atoms with E-state index in [4.69, 9.17) is 4.42 Å². The number of halogens is 2. The van der Waals surface area contributed by atoms with Crippen molar-refractivity contribution in [1.29, 1.82) is 0 Å². The molecule has 0 aliphatic heterocycles. The number of hydrogen-bond acceptors (Lipinski definition) is 2. The molecule has 0 unspecified atom stereocenters. The molecule has 4 heteroatoms. The summed E-state index contributed by atoms with van der Waals surface area (Å²) in [6, 6.07) is 2.67. The summed E-state index contributed by atoms with van der Waals surface area (Å²) in [7, 11) is 0. The van der Waals surface area contributed by atoms with Gasteiger partial charge in [0.1, 0.15) is 5.76 Å². The zero-order chi connectivity index (χ0) is 14.8. The average molecular weight is 407 g/mol. The third-order valence-corrected chi connectivity index (χ3v) is 6.71. The Bertz CT molecular complexity index is 414. The maximum Gasteiger partial charge on any atom is 0.183 e. The van der Waals surface area contributed by atoms with Crippen LogP contribution in [0.3, 0.4) is 0 Å². The standard InChI is InChI=1S/C16H25Br2NO/c1-4-16(2,3)11-5-7-12(8-6-11)19-10-13-9-14(17)15(18)20-13/h9,11-12,19H,4-8,10H2,1-3H3. The van der Waals surface area contributed by atoms with Crippen LogP contribution in [0.15, 0.2) is 19.6 Å². The molecule has 1 aliphatic rings. The predicted octanol–water partition coefficient (Wildman–Crippen LogP) is 5.89. The van der Waals surface area contributed by atoms with Gasteiger partial charge in [-0.25, -0.2) is 0 Å². The van der Waals surface area contributed by atoms with Gasteiger partial charge in [0.05, 0.1) is 11.0 Å². The van der Waals surface area contributed by atoms with E-state index in [0.29, 0.717) is 11.5 Å². The van der Waals surface area contributed by atoms with Crippen LogP contribution in [0, 0.1) is 11.3 Å². The third kappa shape index (κ3) is 4.11. The molecular formula is C16H25Br2NO. The highest BCUT2D eigenvalue weighted by molar-refractivity contribution is 9.13. The lowest BCUT2D eigenvalue weighted by Gasteiger charge is -2.39. The first-order valence-electron chi connectivity index (χ1n) is 7.59. The SMILES string of the molecule is CCC(C)(C)C1CCC(NCc2cc(Br)c(Br)o2)CC1. The van der Waals surface area contributed by atoms with E-state index in [1.165, 1.54) is 32.1 Å². The first-order chi connectivity index (χ1) is 9.42. The summed E-state index contributed by atoms with van der Waals surface area (Å²) in [6.45, 7) is 7.97. The summed E-state index contributed by atoms with van der Waals surface area (Å²) < 4.78 is 7.37. The number of hydrogen-bond donors (Lipinski definition) is 1. The topological polar surface area (TPSA) is 25.2 Å². The van der Waals surface area contributed by atoms with Gasteiger partial charge in [-0.1, -0.05) is 27.2 Å². The molecule has 1 N–H and O–H groups in total. The van der Waals surface area contributed by atoms with Crippen LogP contribution in [0.5, 0.6) is 0 Å². The van der Waals surface area contributed by atoms with E-state index in [-0.39, 0.29) is 0 Å². The fourth-order valence-electron chi connectivity index (χ4n) is 3.09. The van der Waals surface area contributed by atoms with Gasteiger partial charge in [-0.05, 0) is 74.9 Å². The Morgan fingerprint density at radius 1 is 1.25 bits per heavy atom. The number of nitrogens with one attached hydrogen (secondary N) is 1. The van der Waals surface area contributed by atoms with Crippen molar-refractivity contribution in [2.45, 2.75) is 65.5 Å². The first kappa shape index (κ1) is 16.6. The van der Waals surface area contributed by atoms with E-state index in [1.54, 1.807) is 0 Å². The number of rotatable bonds is 5. The molecule has 2 rings (SSSR count). The van der Waals surface area contributed by atoms with Crippen LogP contribution >= 0.6 is 31.9 Å². The van der Waals surface area contributed by atoms with Gasteiger partial charge in [0.2, 0.25) is 0 Å². The van der Waals surface area contributed by atoms with E-state index < -0.39 is 0 Å². The zero-order valence-corrected chi connectivity index (χ0v) is 15.8. The van der Waals surface area contributed by atoms with Crippen LogP contribution in [0.4, 0.5) is 0 Å². The summed E-state index contributed by atoms with van der Waals surface area (Å²) in [6.07, 6.45) is 6.56. The van der Waals surface area contributed by atoms with Crippen molar-refractivity contribution < 1.29 is 4.42 Å². The Kier molecular flexibility index (Phi) is 5.78. The minimum Gasteiger partial charge on any atom is -0.452 e. The second-order valence-corrected chi connectivity index (χ2v) is 8.18. The zero-order valence-electron chi connectivity index (χ0n) is 12.6. The summed E-state index contributed by atoms with van der Waals surface area (Å²) in [5, 5.41) is 3.63. The summed E-state index contributed by atoms with van der Waals surface area (Å²) >= 11 is 6.83. The minimum absolute atomic E-state index is 0.502. The van der Waals surface area contributed by atoms with Crippen LogP contribution in [-0.2, 0) is 6.54 Å². The lowest BCUT2D eigenvalue weighted by molar-refractivity contribution is 0.136. The van der Waals surface area contributed by atoms with E-state index in [1.807, 2.05) is 6.07 Å². The van der Waals surface area contributed by atoms with Crippen molar-refractivity contribution >= 4 is 31.9 Å². The second kappa shape index (κ2) is 6.97. The van der Waals surface area contributed by atoms with Gasteiger partial charge in [0.25, 0.3) is 0 Å². The Hall–Kier alpha value is 0.200. The molecule has 1 aromatic heterocycles. The van der Waals surface area contributed by atoms with Crippen molar-refractivity contribution in [3.05, 3.63) is 21.0 Å². The molecule has 1 fully saturated rings. The maximum absolute atomic E-state index is 5.61. The Morgan fingerprint density at radius 2 is 1.90 bits per heavy atom. The number of furan rings is 1. The Balaban J connectivity index is 1.77. The molecule has 1 saturated carbocycles. The molecule has 0 bridgehead atoms. The highest BCUT2D eigenvalue weighted by Crippen LogP contribution is 2.40. The molecule has 0 spiro atoms. The summed E-state index contributed by atoms with van der Waals surface area (Å²) in [4.78, 5) is 0. The van der Waals surface area contributed by atoms with Crippen LogP contribution in [-0.4, -0.2) is 6.04 Å². The highest BCUT2D eigenvalue weighted by atomic mass is 79.9. The van der Waals surface area contributed by atoms with Crippen molar-refractivity contribution in [2.75, 3.05) is 0 Å². The predicted molar refractivity (Wildman–Crippen MR) is 90.8 cm³/mol. The molecule has 0 aromatic carbocycles. The van der Waals surface area contributed by atoms with E-state index in [2.05, 4.69) is 57.9 Å². The smallest absolute Gasteiger partial charge is 0.183 e. The monoisotopic (exact) mass is 405 g/mol. The molecule has 0 atom stereocenters. The van der Waals surface area contributed by atoms with E-state index in [9.17, 15) is 0 Å². The molecule has 114 valence electrons. The quantitative estimate of drug-likeness (QED) is 0.659. The minimum atomic E-state index is 0.502. The van der Waals surface area contributed by atoms with Crippen molar-refractivity contribution in [3.63, 3.8) is 0 Å². The average Bonchev–Trinajstić information content (AvgIpc) is 2.76. The lowest BCUT2D eigenvalue weighted by Crippen LogP contribution is -2.36. The van der Waals surface area contributed by atoms with Crippen LogP contribution in [0.1, 0.15) is 58.6 Å². The van der Waals surface area contributed by atoms with Gasteiger partial charge in [-0.3, -0.25) is 0 Å². The van der Waals surface area contributed by atoms with Gasteiger partial charge in [0.15, 0.2) is 4.67 Å². The molecule has 20 heavy (non-hydrogen) atoms. The molecule has 2 nitrogen and oxygen atoms in total. The normalized spacial score (nSPS) is 24.1. The third-order valence-electron chi connectivity index (χ3n) is 5.00. The largest absolute Gasteiger partial charge is 0.452 e. The van der Waals surface area contributed by atoms with Gasteiger partial charge >= 0.3 is 0 Å². The second-order valence-electron chi connectivity index (χ2n) is 6.61. The van der Waals surface area contributed by atoms with Gasteiger partial charge in [0, 0.05) is 6.04 Å². The van der Waals surface area contributed by atoms with Crippen molar-refractivity contribution in [1.82, 2.24) is 5.32 Å². The van der Waals surface area contributed by atoms with E-state index >= 15 is 0 Å². The molecule has 0 radical (unpaired) electrons. The molecular weight excluding hydrogens is 382 g/mol.